The van der Waals surface area contributed by atoms with Crippen molar-refractivity contribution >= 4 is 5.82 Å². The van der Waals surface area contributed by atoms with E-state index in [2.05, 4.69) is 21.9 Å². The molecule has 0 radical (unpaired) electrons. The first-order valence-corrected chi connectivity index (χ1v) is 5.08. The summed E-state index contributed by atoms with van der Waals surface area (Å²) in [6.07, 6.45) is 4.29. The molecule has 0 saturated carbocycles. The lowest BCUT2D eigenvalue weighted by atomic mass is 10.3. The molecular weight excluding hydrogens is 190 g/mol. The van der Waals surface area contributed by atoms with E-state index in [4.69, 9.17) is 4.74 Å². The van der Waals surface area contributed by atoms with Gasteiger partial charge in [0.15, 0.2) is 0 Å². The molecule has 0 aliphatic heterocycles. The first-order valence-electron chi connectivity index (χ1n) is 5.08. The molecule has 0 fully saturated rings. The van der Waals surface area contributed by atoms with Crippen LogP contribution in [0.5, 0.6) is 5.88 Å². The van der Waals surface area contributed by atoms with Crippen molar-refractivity contribution in [1.82, 2.24) is 9.97 Å². The van der Waals surface area contributed by atoms with Gasteiger partial charge in [0.2, 0.25) is 5.88 Å². The molecular formula is C11H17N3O. The minimum atomic E-state index is 0.615. The average molecular weight is 207 g/mol. The molecule has 0 aliphatic carbocycles. The van der Waals surface area contributed by atoms with Crippen molar-refractivity contribution in [1.29, 1.82) is 0 Å². The van der Waals surface area contributed by atoms with E-state index in [9.17, 15) is 0 Å². The van der Waals surface area contributed by atoms with Crippen molar-refractivity contribution in [3.05, 3.63) is 24.5 Å². The standard InChI is InChI=1S/C11H17N3O/c1-4-6-7-12-10-9(3)11(15-5-2)14-8-13-10/h4,8H,1,5-7H2,2-3H3,(H,12,13,14). The quantitative estimate of drug-likeness (QED) is 0.573. The Balaban J connectivity index is 2.70. The Morgan fingerprint density at radius 3 is 3.00 bits per heavy atom. The zero-order chi connectivity index (χ0) is 11.1. The van der Waals surface area contributed by atoms with Gasteiger partial charge in [0.1, 0.15) is 12.1 Å². The topological polar surface area (TPSA) is 47.0 Å². The van der Waals surface area contributed by atoms with Crippen molar-refractivity contribution < 1.29 is 4.74 Å². The van der Waals surface area contributed by atoms with Crippen molar-refractivity contribution in [3.63, 3.8) is 0 Å². The third-order valence-corrected chi connectivity index (χ3v) is 1.96. The molecule has 0 saturated heterocycles. The van der Waals surface area contributed by atoms with Crippen LogP contribution in [0, 0.1) is 6.92 Å². The first-order chi connectivity index (χ1) is 7.29. The lowest BCUT2D eigenvalue weighted by Gasteiger charge is -2.10. The summed E-state index contributed by atoms with van der Waals surface area (Å²) in [5.74, 6) is 1.48. The molecule has 0 spiro atoms. The molecule has 0 atom stereocenters. The molecule has 0 unspecified atom stereocenters. The van der Waals surface area contributed by atoms with Gasteiger partial charge in [0, 0.05) is 6.54 Å². The summed E-state index contributed by atoms with van der Waals surface area (Å²) >= 11 is 0. The third kappa shape index (κ3) is 3.23. The fourth-order valence-electron chi connectivity index (χ4n) is 1.19. The van der Waals surface area contributed by atoms with Crippen LogP contribution < -0.4 is 10.1 Å². The molecule has 4 heteroatoms. The Kier molecular flexibility index (Phi) is 4.60. The van der Waals surface area contributed by atoms with Gasteiger partial charge in [-0.15, -0.1) is 6.58 Å². The molecule has 82 valence electrons. The van der Waals surface area contributed by atoms with Crippen LogP contribution in [-0.4, -0.2) is 23.1 Å². The Hall–Kier alpha value is -1.58. The highest BCUT2D eigenvalue weighted by Gasteiger charge is 2.06. The highest BCUT2D eigenvalue weighted by atomic mass is 16.5. The number of rotatable bonds is 6. The van der Waals surface area contributed by atoms with Crippen LogP contribution >= 0.6 is 0 Å². The van der Waals surface area contributed by atoms with Crippen LogP contribution in [0.1, 0.15) is 18.9 Å². The zero-order valence-electron chi connectivity index (χ0n) is 9.29. The molecule has 1 aromatic rings. The van der Waals surface area contributed by atoms with Crippen molar-refractivity contribution in [2.45, 2.75) is 20.3 Å². The second-order valence-electron chi connectivity index (χ2n) is 3.09. The van der Waals surface area contributed by atoms with Crippen molar-refractivity contribution in [2.75, 3.05) is 18.5 Å². The summed E-state index contributed by atoms with van der Waals surface area (Å²) in [5, 5.41) is 3.21. The molecule has 1 heterocycles. The van der Waals surface area contributed by atoms with Gasteiger partial charge in [0.25, 0.3) is 0 Å². The van der Waals surface area contributed by atoms with Crippen LogP contribution in [0.4, 0.5) is 5.82 Å². The number of anilines is 1. The summed E-state index contributed by atoms with van der Waals surface area (Å²) in [6, 6.07) is 0. The van der Waals surface area contributed by atoms with E-state index in [-0.39, 0.29) is 0 Å². The lowest BCUT2D eigenvalue weighted by molar-refractivity contribution is 0.324. The number of nitrogens with one attached hydrogen (secondary N) is 1. The lowest BCUT2D eigenvalue weighted by Crippen LogP contribution is -2.06. The molecule has 4 nitrogen and oxygen atoms in total. The molecule has 0 aliphatic rings. The van der Waals surface area contributed by atoms with Gasteiger partial charge < -0.3 is 10.1 Å². The Labute approximate surface area is 90.4 Å². The minimum Gasteiger partial charge on any atom is -0.478 e. The summed E-state index contributed by atoms with van der Waals surface area (Å²) < 4.78 is 5.37. The number of aromatic nitrogens is 2. The van der Waals surface area contributed by atoms with Crippen molar-refractivity contribution in [3.8, 4) is 5.88 Å². The van der Waals surface area contributed by atoms with Crippen LogP contribution in [0.15, 0.2) is 19.0 Å². The molecule has 1 aromatic heterocycles. The maximum absolute atomic E-state index is 5.37. The first kappa shape index (κ1) is 11.5. The molecule has 1 N–H and O–H groups in total. The average Bonchev–Trinajstić information content (AvgIpc) is 2.24. The van der Waals surface area contributed by atoms with Crippen LogP contribution in [0.2, 0.25) is 0 Å². The smallest absolute Gasteiger partial charge is 0.221 e. The fraction of sp³-hybridized carbons (Fsp3) is 0.455. The Morgan fingerprint density at radius 1 is 1.53 bits per heavy atom. The normalized spacial score (nSPS) is 9.73. The van der Waals surface area contributed by atoms with E-state index in [0.717, 1.165) is 24.3 Å². The van der Waals surface area contributed by atoms with Gasteiger partial charge in [-0.25, -0.2) is 9.97 Å². The highest BCUT2D eigenvalue weighted by Crippen LogP contribution is 2.19. The molecule has 0 aromatic carbocycles. The number of nitrogens with zero attached hydrogens (tertiary/aromatic N) is 2. The molecule has 0 amide bonds. The highest BCUT2D eigenvalue weighted by molar-refractivity contribution is 5.47. The second-order valence-corrected chi connectivity index (χ2v) is 3.09. The van der Waals surface area contributed by atoms with Gasteiger partial charge in [0.05, 0.1) is 12.2 Å². The number of ether oxygens (including phenoxy) is 1. The summed E-state index contributed by atoms with van der Waals surface area (Å²) in [5.41, 5.74) is 0.948. The van der Waals surface area contributed by atoms with Crippen LogP contribution in [0.3, 0.4) is 0 Å². The Bertz CT molecular complexity index is 326. The summed E-state index contributed by atoms with van der Waals surface area (Å²) in [6.45, 7) is 8.99. The molecule has 15 heavy (non-hydrogen) atoms. The van der Waals surface area contributed by atoms with Gasteiger partial charge in [-0.05, 0) is 20.3 Å². The summed E-state index contributed by atoms with van der Waals surface area (Å²) in [4.78, 5) is 8.22. The van der Waals surface area contributed by atoms with Crippen LogP contribution in [0.25, 0.3) is 0 Å². The monoisotopic (exact) mass is 207 g/mol. The Morgan fingerprint density at radius 2 is 2.33 bits per heavy atom. The number of hydrogen-bond acceptors (Lipinski definition) is 4. The number of hydrogen-bond donors (Lipinski definition) is 1. The predicted molar refractivity (Wildman–Crippen MR) is 61.2 cm³/mol. The zero-order valence-corrected chi connectivity index (χ0v) is 9.29. The van der Waals surface area contributed by atoms with E-state index in [1.54, 1.807) is 0 Å². The second kappa shape index (κ2) is 6.01. The van der Waals surface area contributed by atoms with E-state index in [1.165, 1.54) is 6.33 Å². The third-order valence-electron chi connectivity index (χ3n) is 1.96. The van der Waals surface area contributed by atoms with E-state index < -0.39 is 0 Å². The van der Waals surface area contributed by atoms with E-state index >= 15 is 0 Å². The largest absolute Gasteiger partial charge is 0.478 e. The minimum absolute atomic E-state index is 0.615. The van der Waals surface area contributed by atoms with Gasteiger partial charge in [-0.3, -0.25) is 0 Å². The van der Waals surface area contributed by atoms with Crippen molar-refractivity contribution in [2.24, 2.45) is 0 Å². The van der Waals surface area contributed by atoms with Gasteiger partial charge >= 0.3 is 0 Å². The summed E-state index contributed by atoms with van der Waals surface area (Å²) in [7, 11) is 0. The van der Waals surface area contributed by atoms with Crippen LogP contribution in [-0.2, 0) is 0 Å². The molecule has 1 rings (SSSR count). The van der Waals surface area contributed by atoms with Gasteiger partial charge in [-0.2, -0.15) is 0 Å². The fourth-order valence-corrected chi connectivity index (χ4v) is 1.19. The predicted octanol–water partition coefficient (Wildman–Crippen LogP) is 2.17. The SMILES string of the molecule is C=CCCNc1ncnc(OCC)c1C. The maximum Gasteiger partial charge on any atom is 0.221 e. The molecule has 0 bridgehead atoms. The van der Waals surface area contributed by atoms with E-state index in [0.29, 0.717) is 12.5 Å². The maximum atomic E-state index is 5.37. The van der Waals surface area contributed by atoms with Gasteiger partial charge in [-0.1, -0.05) is 6.08 Å². The van der Waals surface area contributed by atoms with E-state index in [1.807, 2.05) is 19.9 Å².